The summed E-state index contributed by atoms with van der Waals surface area (Å²) in [6.45, 7) is 7.21. The molecule has 3 aromatic rings. The summed E-state index contributed by atoms with van der Waals surface area (Å²) < 4.78 is 12.9. The summed E-state index contributed by atoms with van der Waals surface area (Å²) in [7, 11) is 0. The molecule has 3 unspecified atom stereocenters. The molecule has 0 saturated carbocycles. The second-order valence-corrected chi connectivity index (χ2v) is 11.6. The van der Waals surface area contributed by atoms with Gasteiger partial charge in [0, 0.05) is 17.7 Å². The van der Waals surface area contributed by atoms with E-state index in [1.807, 2.05) is 50.2 Å². The minimum absolute atomic E-state index is 0.0468. The van der Waals surface area contributed by atoms with Crippen LogP contribution >= 0.6 is 0 Å². The molecule has 0 saturated heterocycles. The Balaban J connectivity index is 1.59. The van der Waals surface area contributed by atoms with Crippen molar-refractivity contribution in [3.05, 3.63) is 76.5 Å². The predicted molar refractivity (Wildman–Crippen MR) is 148 cm³/mol. The van der Waals surface area contributed by atoms with Crippen LogP contribution in [-0.4, -0.2) is 46.2 Å². The highest BCUT2D eigenvalue weighted by atomic mass is 16.5. The molecular weight excluding hydrogens is 526 g/mol. The molecule has 0 aliphatic carbocycles. The van der Waals surface area contributed by atoms with E-state index in [0.717, 1.165) is 22.4 Å². The highest BCUT2D eigenvalue weighted by molar-refractivity contribution is 5.94. The number of ether oxygens (including phenoxy) is 1. The first kappa shape index (κ1) is 26.8. The number of amides is 3. The van der Waals surface area contributed by atoms with Crippen molar-refractivity contribution in [2.24, 2.45) is 17.6 Å². The van der Waals surface area contributed by atoms with Gasteiger partial charge in [-0.2, -0.15) is 0 Å². The van der Waals surface area contributed by atoms with Crippen molar-refractivity contribution in [2.75, 3.05) is 5.32 Å². The van der Waals surface area contributed by atoms with Gasteiger partial charge in [-0.05, 0) is 35.1 Å². The molecule has 0 fully saturated rings. The van der Waals surface area contributed by atoms with E-state index in [0.29, 0.717) is 5.75 Å². The fourth-order valence-corrected chi connectivity index (χ4v) is 6.03. The van der Waals surface area contributed by atoms with Crippen LogP contribution in [0.15, 0.2) is 46.9 Å². The average molecular weight is 560 g/mol. The fourth-order valence-electron chi connectivity index (χ4n) is 6.03. The Bertz CT molecular complexity index is 1560. The molecule has 5 atom stereocenters. The van der Waals surface area contributed by atoms with Gasteiger partial charge in [-0.25, -0.2) is 4.98 Å². The molecule has 214 valence electrons. The van der Waals surface area contributed by atoms with E-state index < -0.39 is 47.6 Å². The van der Waals surface area contributed by atoms with E-state index in [-0.39, 0.29) is 35.6 Å². The van der Waals surface area contributed by atoms with Gasteiger partial charge in [-0.1, -0.05) is 58.0 Å². The smallest absolute Gasteiger partial charge is 0.271 e. The quantitative estimate of drug-likeness (QED) is 0.317. The zero-order valence-corrected chi connectivity index (χ0v) is 23.2. The normalized spacial score (nSPS) is 24.8. The Morgan fingerprint density at radius 1 is 1.12 bits per heavy atom. The van der Waals surface area contributed by atoms with Crippen LogP contribution in [0.5, 0.6) is 5.75 Å². The summed E-state index contributed by atoms with van der Waals surface area (Å²) in [4.78, 5) is 44.0. The molecule has 3 aliphatic heterocycles. The summed E-state index contributed by atoms with van der Waals surface area (Å²) >= 11 is 0. The first-order chi connectivity index (χ1) is 19.5. The predicted octanol–water partition coefficient (Wildman–Crippen LogP) is 2.12. The number of aromatic nitrogens is 1. The third-order valence-corrected chi connectivity index (χ3v) is 8.18. The molecule has 11 nitrogen and oxygen atoms in total. The summed E-state index contributed by atoms with van der Waals surface area (Å²) in [6, 6.07) is 11.5. The van der Waals surface area contributed by atoms with Crippen molar-refractivity contribution in [3.8, 4) is 5.75 Å². The zero-order valence-electron chi connectivity index (χ0n) is 23.2. The number of nitrogens with zero attached hydrogens (tertiary/aromatic N) is 1. The monoisotopic (exact) mass is 559 g/mol. The second kappa shape index (κ2) is 9.62. The van der Waals surface area contributed by atoms with Gasteiger partial charge < -0.3 is 35.9 Å². The molecule has 0 radical (unpaired) electrons. The van der Waals surface area contributed by atoms with Crippen LogP contribution in [0.1, 0.15) is 72.6 Å². The molecule has 2 aromatic carbocycles. The van der Waals surface area contributed by atoms with Crippen LogP contribution in [0.2, 0.25) is 0 Å². The largest absolute Gasteiger partial charge is 0.469 e. The molecule has 4 heterocycles. The standard InChI is InChI=1S/C30H33N5O6/c1-13(2)21-28-35-22(25(31)37)24(41-28)30-16-7-5-6-8-18(16)33-29(30)40-20-10-9-15(11-17(20)30)12-19(26(38)34-21)32-27(39)23(36)14(3)4/h5-11,13-14,19,21,23,29,33,36H,12H2,1-4H3,(H2,31,37)(H,32,39)(H,34,38)/t19?,21-,23-,29?,30?/m0/s1. The van der Waals surface area contributed by atoms with E-state index in [1.54, 1.807) is 19.9 Å². The van der Waals surface area contributed by atoms with Gasteiger partial charge in [0.15, 0.2) is 17.7 Å². The maximum atomic E-state index is 13.7. The third-order valence-electron chi connectivity index (χ3n) is 8.18. The van der Waals surface area contributed by atoms with Gasteiger partial charge in [-0.3, -0.25) is 14.4 Å². The number of hydrogen-bond acceptors (Lipinski definition) is 8. The van der Waals surface area contributed by atoms with Gasteiger partial charge in [-0.15, -0.1) is 0 Å². The molecule has 1 spiro atoms. The van der Waals surface area contributed by atoms with Gasteiger partial charge >= 0.3 is 0 Å². The number of nitrogens with two attached hydrogens (primary N) is 1. The van der Waals surface area contributed by atoms with Crippen LogP contribution in [-0.2, 0) is 21.4 Å². The average Bonchev–Trinajstić information content (AvgIpc) is 3.59. The van der Waals surface area contributed by atoms with E-state index >= 15 is 0 Å². The van der Waals surface area contributed by atoms with Crippen LogP contribution in [0.25, 0.3) is 0 Å². The number of benzene rings is 2. The summed E-state index contributed by atoms with van der Waals surface area (Å²) in [5, 5.41) is 19.5. The van der Waals surface area contributed by atoms with Crippen LogP contribution < -0.4 is 26.4 Å². The first-order valence-electron chi connectivity index (χ1n) is 13.8. The maximum absolute atomic E-state index is 13.7. The van der Waals surface area contributed by atoms with E-state index in [1.165, 1.54) is 0 Å². The second-order valence-electron chi connectivity index (χ2n) is 11.6. The molecule has 6 rings (SSSR count). The number of carbonyl (C=O) groups excluding carboxylic acids is 3. The number of carbonyl (C=O) groups is 3. The Hall–Kier alpha value is -4.38. The number of anilines is 1. The van der Waals surface area contributed by atoms with E-state index in [2.05, 4.69) is 20.9 Å². The number of primary amides is 1. The van der Waals surface area contributed by atoms with Gasteiger partial charge in [0.2, 0.25) is 17.7 Å². The molecule has 1 aromatic heterocycles. The van der Waals surface area contributed by atoms with E-state index in [4.69, 9.17) is 14.9 Å². The van der Waals surface area contributed by atoms with Crippen LogP contribution in [0.4, 0.5) is 5.69 Å². The van der Waals surface area contributed by atoms with Crippen LogP contribution in [0, 0.1) is 11.8 Å². The highest BCUT2D eigenvalue weighted by Crippen LogP contribution is 2.58. The van der Waals surface area contributed by atoms with Crippen molar-refractivity contribution < 1.29 is 28.6 Å². The molecule has 41 heavy (non-hydrogen) atoms. The lowest BCUT2D eigenvalue weighted by atomic mass is 9.72. The molecule has 4 bridgehead atoms. The highest BCUT2D eigenvalue weighted by Gasteiger charge is 2.61. The van der Waals surface area contributed by atoms with Crippen molar-refractivity contribution in [2.45, 2.75) is 63.9 Å². The summed E-state index contributed by atoms with van der Waals surface area (Å²) in [6.07, 6.45) is -1.79. The number of aliphatic hydroxyl groups excluding tert-OH is 1. The minimum atomic E-state index is -1.28. The van der Waals surface area contributed by atoms with E-state index in [9.17, 15) is 19.5 Å². The van der Waals surface area contributed by atoms with Crippen molar-refractivity contribution in [3.63, 3.8) is 0 Å². The van der Waals surface area contributed by atoms with Gasteiger partial charge in [0.1, 0.15) is 29.4 Å². The zero-order chi connectivity index (χ0) is 29.2. The minimum Gasteiger partial charge on any atom is -0.469 e. The number of nitrogens with one attached hydrogen (secondary N) is 3. The molecule has 3 amide bonds. The molecule has 6 N–H and O–H groups in total. The van der Waals surface area contributed by atoms with Crippen molar-refractivity contribution in [1.82, 2.24) is 15.6 Å². The number of aliphatic hydroxyl groups is 1. The third kappa shape index (κ3) is 4.06. The summed E-state index contributed by atoms with van der Waals surface area (Å²) in [5.41, 5.74) is 7.83. The molecule has 3 aliphatic rings. The fraction of sp³-hybridized carbons (Fsp3) is 0.400. The number of oxazole rings is 1. The van der Waals surface area contributed by atoms with Crippen molar-refractivity contribution >= 4 is 23.4 Å². The molecule has 11 heteroatoms. The Morgan fingerprint density at radius 2 is 1.88 bits per heavy atom. The SMILES string of the molecule is CC(C)[C@H](O)C(=O)NC1Cc2ccc3c(c2)C2(c4ccccc4NC2O3)c2oc(nc2C(N)=O)[C@H](C(C)C)NC1=O. The van der Waals surface area contributed by atoms with Crippen molar-refractivity contribution in [1.29, 1.82) is 0 Å². The van der Waals surface area contributed by atoms with Crippen LogP contribution in [0.3, 0.4) is 0 Å². The lowest BCUT2D eigenvalue weighted by molar-refractivity contribution is -0.135. The Kier molecular flexibility index (Phi) is 6.29. The Morgan fingerprint density at radius 3 is 2.59 bits per heavy atom. The van der Waals surface area contributed by atoms with Gasteiger partial charge in [0.25, 0.3) is 5.91 Å². The number of para-hydroxylation sites is 1. The number of rotatable bonds is 5. The maximum Gasteiger partial charge on any atom is 0.271 e. The summed E-state index contributed by atoms with van der Waals surface area (Å²) in [5.74, 6) is -1.50. The lowest BCUT2D eigenvalue weighted by Gasteiger charge is -2.29. The number of fused-ring (bicyclic) bond motifs is 4. The topological polar surface area (TPSA) is 169 Å². The lowest BCUT2D eigenvalue weighted by Crippen LogP contribution is -2.52. The Labute approximate surface area is 236 Å². The number of hydrogen-bond donors (Lipinski definition) is 5. The van der Waals surface area contributed by atoms with Gasteiger partial charge in [0.05, 0.1) is 0 Å². The first-order valence-corrected chi connectivity index (χ1v) is 13.8. The molecular formula is C30H33N5O6.